The summed E-state index contributed by atoms with van der Waals surface area (Å²) in [6.07, 6.45) is 0.530. The summed E-state index contributed by atoms with van der Waals surface area (Å²) in [6, 6.07) is 14.7. The maximum Gasteiger partial charge on any atom is 0.261 e. The molecule has 2 aromatic rings. The highest BCUT2D eigenvalue weighted by Gasteiger charge is 2.28. The predicted molar refractivity (Wildman–Crippen MR) is 114 cm³/mol. The van der Waals surface area contributed by atoms with E-state index in [9.17, 15) is 9.59 Å². The molecule has 0 aromatic heterocycles. The van der Waals surface area contributed by atoms with Crippen LogP contribution in [0, 0.1) is 6.92 Å². The van der Waals surface area contributed by atoms with Crippen molar-refractivity contribution >= 4 is 27.7 Å². The predicted octanol–water partition coefficient (Wildman–Crippen LogP) is 4.08. The van der Waals surface area contributed by atoms with E-state index >= 15 is 0 Å². The topological polar surface area (TPSA) is 58.6 Å². The normalized spacial score (nSPS) is 11.6. The molecule has 5 nitrogen and oxygen atoms in total. The van der Waals surface area contributed by atoms with Gasteiger partial charge in [0.25, 0.3) is 5.91 Å². The standard InChI is InChI=1S/C22H27BrN2O3/c1-4-20(22(27)24-5-2)25(14-17-9-7-6-8-10-17)21(26)15-28-18-11-12-19(23)16(3)13-18/h6-13,20H,4-5,14-15H2,1-3H3,(H,24,27)/t20-/m1/s1. The van der Waals surface area contributed by atoms with Crippen LogP contribution in [0.1, 0.15) is 31.4 Å². The maximum atomic E-state index is 13.0. The lowest BCUT2D eigenvalue weighted by Crippen LogP contribution is -2.50. The van der Waals surface area contributed by atoms with E-state index in [1.165, 1.54) is 0 Å². The van der Waals surface area contributed by atoms with Crippen LogP contribution in [-0.4, -0.2) is 35.9 Å². The first kappa shape index (κ1) is 22.0. The first-order valence-corrected chi connectivity index (χ1v) is 10.3. The zero-order valence-corrected chi connectivity index (χ0v) is 18.2. The van der Waals surface area contributed by atoms with Gasteiger partial charge in [0.05, 0.1) is 0 Å². The maximum absolute atomic E-state index is 13.0. The lowest BCUT2D eigenvalue weighted by Gasteiger charge is -2.30. The second-order valence-electron chi connectivity index (χ2n) is 6.53. The second kappa shape index (κ2) is 10.9. The van der Waals surface area contributed by atoms with Crippen LogP contribution in [0.5, 0.6) is 5.75 Å². The molecule has 2 aromatic carbocycles. The van der Waals surface area contributed by atoms with Crippen molar-refractivity contribution < 1.29 is 14.3 Å². The van der Waals surface area contributed by atoms with Gasteiger partial charge in [-0.25, -0.2) is 0 Å². The molecule has 0 bridgehead atoms. The van der Waals surface area contributed by atoms with Crippen molar-refractivity contribution in [3.63, 3.8) is 0 Å². The summed E-state index contributed by atoms with van der Waals surface area (Å²) in [5, 5.41) is 2.83. The Morgan fingerprint density at radius 1 is 1.14 bits per heavy atom. The smallest absolute Gasteiger partial charge is 0.261 e. The third kappa shape index (κ3) is 6.09. The number of amides is 2. The van der Waals surface area contributed by atoms with Gasteiger partial charge in [0, 0.05) is 17.6 Å². The van der Waals surface area contributed by atoms with Crippen LogP contribution in [0.2, 0.25) is 0 Å². The molecule has 0 aliphatic carbocycles. The Balaban J connectivity index is 2.17. The molecule has 0 radical (unpaired) electrons. The molecule has 0 saturated carbocycles. The average Bonchev–Trinajstić information content (AvgIpc) is 2.69. The van der Waals surface area contributed by atoms with Crippen LogP contribution in [0.15, 0.2) is 53.0 Å². The molecule has 2 rings (SSSR count). The lowest BCUT2D eigenvalue weighted by molar-refractivity contribution is -0.142. The number of nitrogens with zero attached hydrogens (tertiary/aromatic N) is 1. The van der Waals surface area contributed by atoms with Crippen LogP contribution < -0.4 is 10.1 Å². The zero-order valence-electron chi connectivity index (χ0n) is 16.6. The van der Waals surface area contributed by atoms with E-state index in [0.717, 1.165) is 15.6 Å². The fourth-order valence-electron chi connectivity index (χ4n) is 2.93. The van der Waals surface area contributed by atoms with Gasteiger partial charge in [-0.15, -0.1) is 0 Å². The molecule has 6 heteroatoms. The van der Waals surface area contributed by atoms with E-state index in [4.69, 9.17) is 4.74 Å². The average molecular weight is 447 g/mol. The van der Waals surface area contributed by atoms with E-state index < -0.39 is 6.04 Å². The molecule has 0 heterocycles. The lowest BCUT2D eigenvalue weighted by atomic mass is 10.1. The molecule has 0 spiro atoms. The Morgan fingerprint density at radius 3 is 2.46 bits per heavy atom. The Labute approximate surface area is 175 Å². The number of benzene rings is 2. The van der Waals surface area contributed by atoms with Gasteiger partial charge < -0.3 is 15.0 Å². The molecule has 0 unspecified atom stereocenters. The minimum absolute atomic E-state index is 0.121. The van der Waals surface area contributed by atoms with Crippen LogP contribution in [0.3, 0.4) is 0 Å². The van der Waals surface area contributed by atoms with E-state index in [0.29, 0.717) is 25.3 Å². The minimum Gasteiger partial charge on any atom is -0.484 e. The largest absolute Gasteiger partial charge is 0.484 e. The number of aryl methyl sites for hydroxylation is 1. The molecule has 2 amide bonds. The highest BCUT2D eigenvalue weighted by Crippen LogP contribution is 2.22. The van der Waals surface area contributed by atoms with Crippen LogP contribution >= 0.6 is 15.9 Å². The molecule has 0 aliphatic rings. The minimum atomic E-state index is -0.539. The van der Waals surface area contributed by atoms with E-state index in [1.807, 2.05) is 69.3 Å². The summed E-state index contributed by atoms with van der Waals surface area (Å²) in [5.41, 5.74) is 2.00. The number of carbonyl (C=O) groups excluding carboxylic acids is 2. The molecule has 150 valence electrons. The highest BCUT2D eigenvalue weighted by atomic mass is 79.9. The number of nitrogens with one attached hydrogen (secondary N) is 1. The SMILES string of the molecule is CCNC(=O)[C@@H](CC)N(Cc1ccccc1)C(=O)COc1ccc(Br)c(C)c1. The van der Waals surface area contributed by atoms with Crippen molar-refractivity contribution in [3.8, 4) is 5.75 Å². The van der Waals surface area contributed by atoms with Gasteiger partial charge in [-0.1, -0.05) is 53.2 Å². The summed E-state index contributed by atoms with van der Waals surface area (Å²) in [4.78, 5) is 27.1. The Kier molecular flexibility index (Phi) is 8.51. The quantitative estimate of drug-likeness (QED) is 0.630. The summed E-state index contributed by atoms with van der Waals surface area (Å²) in [5.74, 6) is 0.260. The molecule has 0 fully saturated rings. The molecular formula is C22H27BrN2O3. The summed E-state index contributed by atoms with van der Waals surface area (Å²) < 4.78 is 6.70. The van der Waals surface area contributed by atoms with Crippen molar-refractivity contribution in [3.05, 3.63) is 64.1 Å². The van der Waals surface area contributed by atoms with Gasteiger partial charge in [-0.3, -0.25) is 9.59 Å². The van der Waals surface area contributed by atoms with Crippen LogP contribution in [0.25, 0.3) is 0 Å². The number of hydrogen-bond donors (Lipinski definition) is 1. The van der Waals surface area contributed by atoms with E-state index in [-0.39, 0.29) is 18.4 Å². The molecule has 1 atom stereocenters. The molecule has 0 saturated heterocycles. The molecular weight excluding hydrogens is 420 g/mol. The van der Waals surface area contributed by atoms with Gasteiger partial charge >= 0.3 is 0 Å². The van der Waals surface area contributed by atoms with Gasteiger partial charge in [-0.05, 0) is 49.6 Å². The van der Waals surface area contributed by atoms with Crippen molar-refractivity contribution in [1.29, 1.82) is 0 Å². The Bertz CT molecular complexity index is 796. The van der Waals surface area contributed by atoms with Crippen molar-refractivity contribution in [2.75, 3.05) is 13.2 Å². The number of likely N-dealkylation sites (N-methyl/N-ethyl adjacent to an activating group) is 1. The van der Waals surface area contributed by atoms with Crippen LogP contribution in [-0.2, 0) is 16.1 Å². The molecule has 28 heavy (non-hydrogen) atoms. The first-order valence-electron chi connectivity index (χ1n) is 9.46. The van der Waals surface area contributed by atoms with Gasteiger partial charge in [0.15, 0.2) is 6.61 Å². The molecule has 1 N–H and O–H groups in total. The second-order valence-corrected chi connectivity index (χ2v) is 7.38. The van der Waals surface area contributed by atoms with Crippen LogP contribution in [0.4, 0.5) is 0 Å². The van der Waals surface area contributed by atoms with Crippen molar-refractivity contribution in [2.24, 2.45) is 0 Å². The first-order chi connectivity index (χ1) is 13.5. The summed E-state index contributed by atoms with van der Waals surface area (Å²) >= 11 is 3.45. The van der Waals surface area contributed by atoms with Gasteiger partial charge in [0.1, 0.15) is 11.8 Å². The monoisotopic (exact) mass is 446 g/mol. The Hall–Kier alpha value is -2.34. The third-order valence-corrected chi connectivity index (χ3v) is 5.31. The fourth-order valence-corrected chi connectivity index (χ4v) is 3.17. The zero-order chi connectivity index (χ0) is 20.5. The highest BCUT2D eigenvalue weighted by molar-refractivity contribution is 9.10. The summed E-state index contributed by atoms with van der Waals surface area (Å²) in [6.45, 7) is 6.50. The van der Waals surface area contributed by atoms with Crippen molar-refractivity contribution in [2.45, 2.75) is 39.8 Å². The van der Waals surface area contributed by atoms with E-state index in [2.05, 4.69) is 21.2 Å². The number of ether oxygens (including phenoxy) is 1. The van der Waals surface area contributed by atoms with Gasteiger partial charge in [-0.2, -0.15) is 0 Å². The fraction of sp³-hybridized carbons (Fsp3) is 0.364. The number of halogens is 1. The molecule has 0 aliphatic heterocycles. The number of carbonyl (C=O) groups is 2. The Morgan fingerprint density at radius 2 is 1.86 bits per heavy atom. The van der Waals surface area contributed by atoms with E-state index in [1.54, 1.807) is 4.90 Å². The van der Waals surface area contributed by atoms with Crippen molar-refractivity contribution in [1.82, 2.24) is 10.2 Å². The number of hydrogen-bond acceptors (Lipinski definition) is 3. The summed E-state index contributed by atoms with van der Waals surface area (Å²) in [7, 11) is 0. The number of rotatable bonds is 9. The van der Waals surface area contributed by atoms with Gasteiger partial charge in [0.2, 0.25) is 5.91 Å². The third-order valence-electron chi connectivity index (χ3n) is 4.42.